The number of nitrogens with two attached hydrogens (primary N) is 1. The van der Waals surface area contributed by atoms with E-state index in [1.54, 1.807) is 4.90 Å². The Morgan fingerprint density at radius 2 is 1.75 bits per heavy atom. The van der Waals surface area contributed by atoms with Gasteiger partial charge in [-0.1, -0.05) is 18.2 Å². The van der Waals surface area contributed by atoms with Gasteiger partial charge in [-0.2, -0.15) is 0 Å². The second kappa shape index (κ2) is 6.91. The summed E-state index contributed by atoms with van der Waals surface area (Å²) in [7, 11) is 0. The highest BCUT2D eigenvalue weighted by atomic mass is 16.5. The molecule has 0 unspecified atom stereocenters. The first kappa shape index (κ1) is 14.3. The maximum Gasteiger partial charge on any atom is 0.260 e. The Balaban J connectivity index is 1.73. The van der Waals surface area contributed by atoms with E-state index in [1.807, 2.05) is 35.2 Å². The SMILES string of the molecule is NC(=O)CN1CCN(C(=O)COc2ccccc2)CC1. The lowest BCUT2D eigenvalue weighted by Crippen LogP contribution is -2.51. The molecule has 0 saturated carbocycles. The lowest BCUT2D eigenvalue weighted by Gasteiger charge is -2.33. The number of ether oxygens (including phenoxy) is 1. The molecule has 108 valence electrons. The first-order chi connectivity index (χ1) is 9.65. The highest BCUT2D eigenvalue weighted by molar-refractivity contribution is 5.78. The third-order valence-electron chi connectivity index (χ3n) is 3.21. The van der Waals surface area contributed by atoms with Crippen molar-refractivity contribution in [1.29, 1.82) is 0 Å². The Bertz CT molecular complexity index is 456. The fourth-order valence-electron chi connectivity index (χ4n) is 2.13. The third kappa shape index (κ3) is 4.24. The number of piperazine rings is 1. The van der Waals surface area contributed by atoms with Crippen LogP contribution < -0.4 is 10.5 Å². The molecular weight excluding hydrogens is 258 g/mol. The van der Waals surface area contributed by atoms with Crippen molar-refractivity contribution in [3.8, 4) is 5.75 Å². The van der Waals surface area contributed by atoms with Gasteiger partial charge < -0.3 is 15.4 Å². The first-order valence-electron chi connectivity index (χ1n) is 6.61. The molecular formula is C14H19N3O3. The summed E-state index contributed by atoms with van der Waals surface area (Å²) in [5.41, 5.74) is 5.15. The fraction of sp³-hybridized carbons (Fsp3) is 0.429. The van der Waals surface area contributed by atoms with E-state index in [9.17, 15) is 9.59 Å². The van der Waals surface area contributed by atoms with E-state index < -0.39 is 0 Å². The normalized spacial score (nSPS) is 15.9. The Morgan fingerprint density at radius 1 is 1.10 bits per heavy atom. The Morgan fingerprint density at radius 3 is 2.35 bits per heavy atom. The lowest BCUT2D eigenvalue weighted by atomic mass is 10.3. The number of amides is 2. The van der Waals surface area contributed by atoms with Crippen molar-refractivity contribution < 1.29 is 14.3 Å². The van der Waals surface area contributed by atoms with E-state index >= 15 is 0 Å². The number of rotatable bonds is 5. The number of para-hydroxylation sites is 1. The van der Waals surface area contributed by atoms with E-state index in [0.29, 0.717) is 31.9 Å². The zero-order valence-electron chi connectivity index (χ0n) is 11.3. The summed E-state index contributed by atoms with van der Waals surface area (Å²) < 4.78 is 5.43. The van der Waals surface area contributed by atoms with E-state index in [-0.39, 0.29) is 25.0 Å². The molecule has 0 atom stereocenters. The van der Waals surface area contributed by atoms with Crippen molar-refractivity contribution >= 4 is 11.8 Å². The van der Waals surface area contributed by atoms with Crippen molar-refractivity contribution in [2.75, 3.05) is 39.3 Å². The van der Waals surface area contributed by atoms with Crippen LogP contribution >= 0.6 is 0 Å². The number of primary amides is 1. The zero-order valence-corrected chi connectivity index (χ0v) is 11.3. The molecule has 6 nitrogen and oxygen atoms in total. The average Bonchev–Trinajstić information content (AvgIpc) is 2.46. The van der Waals surface area contributed by atoms with Crippen molar-refractivity contribution in [2.24, 2.45) is 5.73 Å². The Hall–Kier alpha value is -2.08. The van der Waals surface area contributed by atoms with Gasteiger partial charge in [0.2, 0.25) is 5.91 Å². The molecule has 0 radical (unpaired) electrons. The number of carbonyl (C=O) groups is 2. The summed E-state index contributed by atoms with van der Waals surface area (Å²) in [6.45, 7) is 2.83. The predicted octanol–water partition coefficient (Wildman–Crippen LogP) is -0.305. The van der Waals surface area contributed by atoms with E-state index in [2.05, 4.69) is 0 Å². The average molecular weight is 277 g/mol. The predicted molar refractivity (Wildman–Crippen MR) is 74.2 cm³/mol. The molecule has 2 amide bonds. The fourth-order valence-corrected chi connectivity index (χ4v) is 2.13. The topological polar surface area (TPSA) is 75.9 Å². The van der Waals surface area contributed by atoms with Crippen LogP contribution in [0.2, 0.25) is 0 Å². The van der Waals surface area contributed by atoms with Gasteiger partial charge in [-0.05, 0) is 12.1 Å². The van der Waals surface area contributed by atoms with Crippen molar-refractivity contribution in [2.45, 2.75) is 0 Å². The van der Waals surface area contributed by atoms with Crippen LogP contribution in [-0.4, -0.2) is 60.9 Å². The van der Waals surface area contributed by atoms with E-state index in [4.69, 9.17) is 10.5 Å². The van der Waals surface area contributed by atoms with Crippen LogP contribution in [0.1, 0.15) is 0 Å². The standard InChI is InChI=1S/C14H19N3O3/c15-13(18)10-16-6-8-17(9-7-16)14(19)11-20-12-4-2-1-3-5-12/h1-5H,6-11H2,(H2,15,18). The second-order valence-electron chi connectivity index (χ2n) is 4.72. The van der Waals surface area contributed by atoms with Gasteiger partial charge in [0.15, 0.2) is 6.61 Å². The van der Waals surface area contributed by atoms with Gasteiger partial charge >= 0.3 is 0 Å². The minimum absolute atomic E-state index is 0.0346. The summed E-state index contributed by atoms with van der Waals surface area (Å²) in [4.78, 5) is 26.5. The molecule has 0 bridgehead atoms. The van der Waals surface area contributed by atoms with Crippen LogP contribution in [0.5, 0.6) is 5.75 Å². The maximum absolute atomic E-state index is 12.0. The molecule has 1 fully saturated rings. The number of hydrogen-bond donors (Lipinski definition) is 1. The van der Waals surface area contributed by atoms with Crippen molar-refractivity contribution in [3.05, 3.63) is 30.3 Å². The number of nitrogens with zero attached hydrogens (tertiary/aromatic N) is 2. The molecule has 2 N–H and O–H groups in total. The molecule has 2 rings (SSSR count). The minimum atomic E-state index is -0.336. The summed E-state index contributed by atoms with van der Waals surface area (Å²) in [5, 5.41) is 0. The molecule has 0 spiro atoms. The quantitative estimate of drug-likeness (QED) is 0.801. The van der Waals surface area contributed by atoms with Crippen LogP contribution in [0, 0.1) is 0 Å². The van der Waals surface area contributed by atoms with Crippen LogP contribution in [0.4, 0.5) is 0 Å². The lowest BCUT2D eigenvalue weighted by molar-refractivity contribution is -0.135. The minimum Gasteiger partial charge on any atom is -0.484 e. The van der Waals surface area contributed by atoms with Crippen molar-refractivity contribution in [3.63, 3.8) is 0 Å². The molecule has 1 saturated heterocycles. The second-order valence-corrected chi connectivity index (χ2v) is 4.72. The van der Waals surface area contributed by atoms with Crippen LogP contribution in [0.15, 0.2) is 30.3 Å². The maximum atomic E-state index is 12.0. The highest BCUT2D eigenvalue weighted by Crippen LogP contribution is 2.09. The summed E-state index contributed by atoms with van der Waals surface area (Å²) in [5.74, 6) is 0.318. The van der Waals surface area contributed by atoms with Gasteiger partial charge in [-0.25, -0.2) is 0 Å². The molecule has 1 aliphatic rings. The third-order valence-corrected chi connectivity index (χ3v) is 3.21. The molecule has 1 heterocycles. The zero-order chi connectivity index (χ0) is 14.4. The first-order valence-corrected chi connectivity index (χ1v) is 6.61. The Kier molecular flexibility index (Phi) is 4.95. The van der Waals surface area contributed by atoms with Crippen LogP contribution in [-0.2, 0) is 9.59 Å². The molecule has 0 aliphatic carbocycles. The van der Waals surface area contributed by atoms with Gasteiger partial charge in [-0.15, -0.1) is 0 Å². The van der Waals surface area contributed by atoms with E-state index in [0.717, 1.165) is 0 Å². The summed E-state index contributed by atoms with van der Waals surface area (Å²) in [6.07, 6.45) is 0. The molecule has 1 aromatic carbocycles. The monoisotopic (exact) mass is 277 g/mol. The molecule has 1 aromatic rings. The highest BCUT2D eigenvalue weighted by Gasteiger charge is 2.21. The Labute approximate surface area is 118 Å². The number of carbonyl (C=O) groups excluding carboxylic acids is 2. The van der Waals surface area contributed by atoms with Gasteiger partial charge in [0.25, 0.3) is 5.91 Å². The van der Waals surface area contributed by atoms with E-state index in [1.165, 1.54) is 0 Å². The summed E-state index contributed by atoms with van der Waals surface area (Å²) >= 11 is 0. The van der Waals surface area contributed by atoms with Crippen molar-refractivity contribution in [1.82, 2.24) is 9.80 Å². The van der Waals surface area contributed by atoms with Gasteiger partial charge in [0.05, 0.1) is 6.54 Å². The van der Waals surface area contributed by atoms with Gasteiger partial charge in [-0.3, -0.25) is 14.5 Å². The van der Waals surface area contributed by atoms with Crippen LogP contribution in [0.25, 0.3) is 0 Å². The van der Waals surface area contributed by atoms with Gasteiger partial charge in [0.1, 0.15) is 5.75 Å². The molecule has 20 heavy (non-hydrogen) atoms. The smallest absolute Gasteiger partial charge is 0.260 e. The number of benzene rings is 1. The largest absolute Gasteiger partial charge is 0.484 e. The van der Waals surface area contributed by atoms with Crippen LogP contribution in [0.3, 0.4) is 0 Å². The van der Waals surface area contributed by atoms with Gasteiger partial charge in [0, 0.05) is 26.2 Å². The number of hydrogen-bond acceptors (Lipinski definition) is 4. The molecule has 0 aromatic heterocycles. The molecule has 1 aliphatic heterocycles. The molecule has 6 heteroatoms. The summed E-state index contributed by atoms with van der Waals surface area (Å²) in [6, 6.07) is 9.26.